The van der Waals surface area contributed by atoms with Crippen molar-refractivity contribution in [3.8, 4) is 5.82 Å². The highest BCUT2D eigenvalue weighted by molar-refractivity contribution is 5.27. The van der Waals surface area contributed by atoms with E-state index in [0.717, 1.165) is 18.8 Å². The predicted octanol–water partition coefficient (Wildman–Crippen LogP) is 0.944. The van der Waals surface area contributed by atoms with Crippen molar-refractivity contribution in [2.75, 3.05) is 7.05 Å². The van der Waals surface area contributed by atoms with E-state index >= 15 is 0 Å². The van der Waals surface area contributed by atoms with E-state index in [9.17, 15) is 0 Å². The summed E-state index contributed by atoms with van der Waals surface area (Å²) in [5.74, 6) is 0.765. The molecular formula is C11H15N5. The van der Waals surface area contributed by atoms with E-state index in [1.807, 2.05) is 30.1 Å². The van der Waals surface area contributed by atoms with Crippen molar-refractivity contribution in [3.63, 3.8) is 0 Å². The summed E-state index contributed by atoms with van der Waals surface area (Å²) < 4.78 is 1.85. The number of nitrogens with zero attached hydrogens (tertiary/aromatic N) is 4. The van der Waals surface area contributed by atoms with Crippen LogP contribution in [0.1, 0.15) is 18.2 Å². The van der Waals surface area contributed by atoms with E-state index in [1.165, 1.54) is 11.3 Å². The maximum Gasteiger partial charge on any atom is 0.175 e. The molecule has 0 bridgehead atoms. The molecule has 0 aromatic carbocycles. The molecule has 1 N–H and O–H groups in total. The first-order valence-electron chi connectivity index (χ1n) is 5.35. The summed E-state index contributed by atoms with van der Waals surface area (Å²) in [6, 6.07) is 3.77. The van der Waals surface area contributed by atoms with Crippen molar-refractivity contribution in [3.05, 3.63) is 35.8 Å². The van der Waals surface area contributed by atoms with E-state index in [-0.39, 0.29) is 0 Å². The van der Waals surface area contributed by atoms with E-state index in [1.54, 1.807) is 6.20 Å². The number of nitrogens with one attached hydrogen (secondary N) is 1. The Kier molecular flexibility index (Phi) is 3.26. The van der Waals surface area contributed by atoms with E-state index in [2.05, 4.69) is 27.5 Å². The molecule has 2 aromatic heterocycles. The number of rotatable bonds is 4. The van der Waals surface area contributed by atoms with Crippen LogP contribution in [0, 0.1) is 0 Å². The summed E-state index contributed by atoms with van der Waals surface area (Å²) in [4.78, 5) is 0. The van der Waals surface area contributed by atoms with Crippen molar-refractivity contribution in [1.82, 2.24) is 25.3 Å². The fourth-order valence-electron chi connectivity index (χ4n) is 1.73. The van der Waals surface area contributed by atoms with Crippen molar-refractivity contribution in [1.29, 1.82) is 0 Å². The molecule has 0 aliphatic heterocycles. The van der Waals surface area contributed by atoms with Gasteiger partial charge >= 0.3 is 0 Å². The van der Waals surface area contributed by atoms with Gasteiger partial charge in [0.2, 0.25) is 0 Å². The van der Waals surface area contributed by atoms with Crippen LogP contribution < -0.4 is 5.32 Å². The molecule has 2 heterocycles. The summed E-state index contributed by atoms with van der Waals surface area (Å²) in [7, 11) is 1.93. The van der Waals surface area contributed by atoms with E-state index in [0.29, 0.717) is 0 Å². The summed E-state index contributed by atoms with van der Waals surface area (Å²) in [6.07, 6.45) is 4.46. The molecule has 0 amide bonds. The van der Waals surface area contributed by atoms with Gasteiger partial charge in [-0.2, -0.15) is 10.2 Å². The molecule has 5 nitrogen and oxygen atoms in total. The molecule has 0 aliphatic rings. The van der Waals surface area contributed by atoms with Gasteiger partial charge in [-0.3, -0.25) is 0 Å². The van der Waals surface area contributed by atoms with Crippen LogP contribution in [-0.2, 0) is 13.0 Å². The number of hydrogen-bond donors (Lipinski definition) is 1. The summed E-state index contributed by atoms with van der Waals surface area (Å²) in [5, 5.41) is 15.4. The average molecular weight is 217 g/mol. The van der Waals surface area contributed by atoms with Crippen LogP contribution >= 0.6 is 0 Å². The van der Waals surface area contributed by atoms with Gasteiger partial charge in [0.15, 0.2) is 5.82 Å². The smallest absolute Gasteiger partial charge is 0.175 e. The second-order valence-electron chi connectivity index (χ2n) is 3.49. The van der Waals surface area contributed by atoms with Gasteiger partial charge in [-0.1, -0.05) is 6.92 Å². The molecule has 0 atom stereocenters. The van der Waals surface area contributed by atoms with Crippen molar-refractivity contribution in [2.45, 2.75) is 19.9 Å². The van der Waals surface area contributed by atoms with Crippen LogP contribution in [0.5, 0.6) is 0 Å². The second-order valence-corrected chi connectivity index (χ2v) is 3.49. The minimum Gasteiger partial charge on any atom is -0.316 e. The predicted molar refractivity (Wildman–Crippen MR) is 61.3 cm³/mol. The third kappa shape index (κ3) is 1.94. The molecule has 0 radical (unpaired) electrons. The molecule has 0 saturated heterocycles. The first-order valence-corrected chi connectivity index (χ1v) is 5.35. The lowest BCUT2D eigenvalue weighted by Crippen LogP contribution is -2.09. The Morgan fingerprint density at radius 2 is 2.31 bits per heavy atom. The Morgan fingerprint density at radius 3 is 2.94 bits per heavy atom. The normalized spacial score (nSPS) is 10.6. The third-order valence-corrected chi connectivity index (χ3v) is 2.43. The minimum atomic E-state index is 0.765. The number of hydrogen-bond acceptors (Lipinski definition) is 4. The highest BCUT2D eigenvalue weighted by Gasteiger charge is 2.10. The van der Waals surface area contributed by atoms with Crippen LogP contribution in [0.25, 0.3) is 5.82 Å². The largest absolute Gasteiger partial charge is 0.316 e. The highest BCUT2D eigenvalue weighted by Crippen LogP contribution is 2.13. The van der Waals surface area contributed by atoms with Crippen molar-refractivity contribution < 1.29 is 0 Å². The molecule has 2 aromatic rings. The maximum absolute atomic E-state index is 4.35. The molecule has 16 heavy (non-hydrogen) atoms. The highest BCUT2D eigenvalue weighted by atomic mass is 15.3. The molecule has 0 fully saturated rings. The SMILES string of the molecule is CCc1c(CNC)cnn1-c1cccnn1. The minimum absolute atomic E-state index is 0.765. The Hall–Kier alpha value is -1.75. The third-order valence-electron chi connectivity index (χ3n) is 2.43. The van der Waals surface area contributed by atoms with E-state index in [4.69, 9.17) is 0 Å². The lowest BCUT2D eigenvalue weighted by molar-refractivity contribution is 0.753. The summed E-state index contributed by atoms with van der Waals surface area (Å²) in [5.41, 5.74) is 2.38. The first-order chi connectivity index (χ1) is 7.86. The Bertz CT molecular complexity index is 449. The molecule has 0 aliphatic carbocycles. The lowest BCUT2D eigenvalue weighted by Gasteiger charge is -2.05. The molecule has 5 heteroatoms. The second kappa shape index (κ2) is 4.85. The topological polar surface area (TPSA) is 55.6 Å². The van der Waals surface area contributed by atoms with Crippen LogP contribution in [-0.4, -0.2) is 27.0 Å². The van der Waals surface area contributed by atoms with Crippen molar-refractivity contribution >= 4 is 0 Å². The summed E-state index contributed by atoms with van der Waals surface area (Å²) in [6.45, 7) is 2.94. The molecule has 0 spiro atoms. The molecule has 84 valence electrons. The van der Waals surface area contributed by atoms with Crippen LogP contribution in [0.2, 0.25) is 0 Å². The molecule has 2 rings (SSSR count). The fraction of sp³-hybridized carbons (Fsp3) is 0.364. The molecule has 0 saturated carbocycles. The van der Waals surface area contributed by atoms with Gasteiger partial charge in [0, 0.05) is 18.3 Å². The summed E-state index contributed by atoms with van der Waals surface area (Å²) >= 11 is 0. The van der Waals surface area contributed by atoms with Gasteiger partial charge in [0.05, 0.1) is 11.9 Å². The van der Waals surface area contributed by atoms with Gasteiger partial charge in [-0.15, -0.1) is 5.10 Å². The molecular weight excluding hydrogens is 202 g/mol. The molecule has 0 unspecified atom stereocenters. The van der Waals surface area contributed by atoms with Gasteiger partial charge < -0.3 is 5.32 Å². The van der Waals surface area contributed by atoms with Gasteiger partial charge in [0.1, 0.15) is 0 Å². The number of aromatic nitrogens is 4. The Balaban J connectivity index is 2.42. The van der Waals surface area contributed by atoms with Crippen LogP contribution in [0.3, 0.4) is 0 Å². The zero-order valence-corrected chi connectivity index (χ0v) is 9.51. The first kappa shape index (κ1) is 10.8. The average Bonchev–Trinajstić information content (AvgIpc) is 2.73. The standard InChI is InChI=1S/C11H15N5/c1-3-10-9(7-12-2)8-14-16(10)11-5-4-6-13-15-11/h4-6,8,12H,3,7H2,1-2H3. The lowest BCUT2D eigenvalue weighted by atomic mass is 10.2. The zero-order chi connectivity index (χ0) is 11.4. The monoisotopic (exact) mass is 217 g/mol. The quantitative estimate of drug-likeness (QED) is 0.828. The van der Waals surface area contributed by atoms with Gasteiger partial charge in [-0.25, -0.2) is 4.68 Å². The van der Waals surface area contributed by atoms with Crippen molar-refractivity contribution in [2.24, 2.45) is 0 Å². The fourth-order valence-corrected chi connectivity index (χ4v) is 1.73. The Morgan fingerprint density at radius 1 is 1.44 bits per heavy atom. The van der Waals surface area contributed by atoms with E-state index < -0.39 is 0 Å². The van der Waals surface area contributed by atoms with Gasteiger partial charge in [0.25, 0.3) is 0 Å². The van der Waals surface area contributed by atoms with Crippen LogP contribution in [0.15, 0.2) is 24.5 Å². The van der Waals surface area contributed by atoms with Crippen LogP contribution in [0.4, 0.5) is 0 Å². The maximum atomic E-state index is 4.35. The Labute approximate surface area is 94.5 Å². The zero-order valence-electron chi connectivity index (χ0n) is 9.51. The van der Waals surface area contributed by atoms with Gasteiger partial charge in [-0.05, 0) is 25.6 Å².